The first-order valence-corrected chi connectivity index (χ1v) is 5.10. The van der Waals surface area contributed by atoms with E-state index in [1.807, 2.05) is 0 Å². The number of fused-ring (bicyclic) bond motifs is 3. The van der Waals surface area contributed by atoms with Crippen molar-refractivity contribution in [3.8, 4) is 0 Å². The third-order valence-corrected chi connectivity index (χ3v) is 3.54. The van der Waals surface area contributed by atoms with E-state index in [4.69, 9.17) is 4.74 Å². The van der Waals surface area contributed by atoms with Gasteiger partial charge in [-0.15, -0.1) is 0 Å². The molecule has 3 rings (SSSR count). The second kappa shape index (κ2) is 2.98. The molecule has 0 N–H and O–H groups in total. The highest BCUT2D eigenvalue weighted by Crippen LogP contribution is 2.33. The summed E-state index contributed by atoms with van der Waals surface area (Å²) in [5.74, 6) is 0.522. The molecule has 0 amide bonds. The molecule has 74 valence electrons. The Morgan fingerprint density at radius 3 is 2.46 bits per heavy atom. The van der Waals surface area contributed by atoms with Crippen molar-refractivity contribution in [2.45, 2.75) is 25.9 Å². The predicted octanol–water partition coefficient (Wildman–Crippen LogP) is 0.788. The number of rotatable bonds is 1. The SMILES string of the molecule is CC(=O)OC1C[N+]2(C)CCC1CC2. The van der Waals surface area contributed by atoms with Crippen LogP contribution in [0.4, 0.5) is 0 Å². The van der Waals surface area contributed by atoms with E-state index in [1.165, 1.54) is 32.9 Å². The van der Waals surface area contributed by atoms with Crippen LogP contribution in [0, 0.1) is 5.92 Å². The molecular formula is C10H18NO2+. The van der Waals surface area contributed by atoms with E-state index < -0.39 is 0 Å². The minimum atomic E-state index is -0.120. The van der Waals surface area contributed by atoms with E-state index in [2.05, 4.69) is 7.05 Å². The molecular weight excluding hydrogens is 166 g/mol. The Morgan fingerprint density at radius 1 is 1.38 bits per heavy atom. The lowest BCUT2D eigenvalue weighted by molar-refractivity contribution is -0.928. The summed E-state index contributed by atoms with van der Waals surface area (Å²) in [6.45, 7) is 5.08. The summed E-state index contributed by atoms with van der Waals surface area (Å²) < 4.78 is 6.44. The number of hydrogen-bond donors (Lipinski definition) is 0. The molecule has 0 radical (unpaired) electrons. The highest BCUT2D eigenvalue weighted by molar-refractivity contribution is 5.66. The number of esters is 1. The van der Waals surface area contributed by atoms with Crippen molar-refractivity contribution < 1.29 is 14.0 Å². The first kappa shape index (κ1) is 9.00. The van der Waals surface area contributed by atoms with Gasteiger partial charge in [-0.3, -0.25) is 4.79 Å². The average molecular weight is 184 g/mol. The quantitative estimate of drug-likeness (QED) is 0.445. The Morgan fingerprint density at radius 2 is 2.00 bits per heavy atom. The second-order valence-corrected chi connectivity index (χ2v) is 4.73. The number of likely N-dealkylation sites (N-methyl/N-ethyl adjacent to an activating group) is 1. The Balaban J connectivity index is 2.03. The van der Waals surface area contributed by atoms with Gasteiger partial charge < -0.3 is 9.22 Å². The molecule has 1 atom stereocenters. The molecule has 3 fully saturated rings. The first-order chi connectivity index (χ1) is 6.09. The maximum atomic E-state index is 10.9. The summed E-state index contributed by atoms with van der Waals surface area (Å²) in [6.07, 6.45) is 2.66. The van der Waals surface area contributed by atoms with Gasteiger partial charge in [0.25, 0.3) is 0 Å². The van der Waals surface area contributed by atoms with E-state index in [-0.39, 0.29) is 12.1 Å². The molecule has 0 aromatic rings. The monoisotopic (exact) mass is 184 g/mol. The minimum Gasteiger partial charge on any atom is -0.456 e. The molecule has 1 unspecified atom stereocenters. The van der Waals surface area contributed by atoms with Crippen molar-refractivity contribution >= 4 is 5.97 Å². The zero-order valence-corrected chi connectivity index (χ0v) is 8.45. The lowest BCUT2D eigenvalue weighted by Crippen LogP contribution is -2.62. The van der Waals surface area contributed by atoms with Crippen LogP contribution in [-0.4, -0.2) is 43.2 Å². The molecule has 0 aromatic carbocycles. The zero-order valence-electron chi connectivity index (χ0n) is 8.45. The molecule has 0 spiro atoms. The zero-order chi connectivity index (χ0) is 9.47. The van der Waals surface area contributed by atoms with Crippen LogP contribution >= 0.6 is 0 Å². The smallest absolute Gasteiger partial charge is 0.303 e. The molecule has 13 heavy (non-hydrogen) atoms. The lowest BCUT2D eigenvalue weighted by Gasteiger charge is -2.49. The number of quaternary nitrogens is 1. The second-order valence-electron chi connectivity index (χ2n) is 4.73. The Kier molecular flexibility index (Phi) is 2.06. The maximum Gasteiger partial charge on any atom is 0.303 e. The largest absolute Gasteiger partial charge is 0.456 e. The Labute approximate surface area is 79.3 Å². The summed E-state index contributed by atoms with van der Waals surface area (Å²) in [5, 5.41) is 0. The molecule has 3 heterocycles. The van der Waals surface area contributed by atoms with E-state index in [0.29, 0.717) is 5.92 Å². The van der Waals surface area contributed by atoms with Gasteiger partial charge in [0.2, 0.25) is 0 Å². The average Bonchev–Trinajstić information content (AvgIpc) is 2.02. The first-order valence-electron chi connectivity index (χ1n) is 5.10. The highest BCUT2D eigenvalue weighted by atomic mass is 16.5. The van der Waals surface area contributed by atoms with Crippen LogP contribution in [0.2, 0.25) is 0 Å². The third kappa shape index (κ3) is 1.70. The molecule has 0 aliphatic carbocycles. The van der Waals surface area contributed by atoms with Crippen molar-refractivity contribution in [3.63, 3.8) is 0 Å². The van der Waals surface area contributed by atoms with Gasteiger partial charge in [-0.1, -0.05) is 0 Å². The molecule has 2 bridgehead atoms. The van der Waals surface area contributed by atoms with Crippen molar-refractivity contribution in [2.24, 2.45) is 5.92 Å². The van der Waals surface area contributed by atoms with Crippen molar-refractivity contribution in [1.82, 2.24) is 0 Å². The van der Waals surface area contributed by atoms with Gasteiger partial charge in [0, 0.05) is 25.7 Å². The number of nitrogens with zero attached hydrogens (tertiary/aromatic N) is 1. The molecule has 3 heteroatoms. The lowest BCUT2D eigenvalue weighted by atomic mass is 9.84. The number of ether oxygens (including phenoxy) is 1. The summed E-state index contributed by atoms with van der Waals surface area (Å²) in [4.78, 5) is 10.9. The fourth-order valence-corrected chi connectivity index (χ4v) is 2.70. The van der Waals surface area contributed by atoms with Crippen LogP contribution in [0.1, 0.15) is 19.8 Å². The van der Waals surface area contributed by atoms with Crippen LogP contribution in [0.5, 0.6) is 0 Å². The molecule has 3 aliphatic rings. The summed E-state index contributed by atoms with van der Waals surface area (Å²) in [6, 6.07) is 0. The Hall–Kier alpha value is -0.570. The number of hydrogen-bond acceptors (Lipinski definition) is 2. The fourth-order valence-electron chi connectivity index (χ4n) is 2.70. The van der Waals surface area contributed by atoms with Crippen LogP contribution < -0.4 is 0 Å². The van der Waals surface area contributed by atoms with E-state index in [9.17, 15) is 4.79 Å². The standard InChI is InChI=1S/C10H18NO2/c1-8(12)13-10-7-11(2)5-3-9(10)4-6-11/h9-10H,3-7H2,1-2H3/q+1. The molecule has 3 saturated heterocycles. The summed E-state index contributed by atoms with van der Waals surface area (Å²) >= 11 is 0. The van der Waals surface area contributed by atoms with E-state index in [1.54, 1.807) is 0 Å². The maximum absolute atomic E-state index is 10.9. The van der Waals surface area contributed by atoms with Gasteiger partial charge in [-0.25, -0.2) is 0 Å². The topological polar surface area (TPSA) is 26.3 Å². The van der Waals surface area contributed by atoms with Crippen molar-refractivity contribution in [3.05, 3.63) is 0 Å². The van der Waals surface area contributed by atoms with Gasteiger partial charge in [-0.05, 0) is 0 Å². The fraction of sp³-hybridized carbons (Fsp3) is 0.900. The number of carbonyl (C=O) groups excluding carboxylic acids is 1. The number of piperidine rings is 3. The molecule has 0 saturated carbocycles. The number of carbonyl (C=O) groups is 1. The van der Waals surface area contributed by atoms with Gasteiger partial charge in [0.1, 0.15) is 6.54 Å². The Bertz CT molecular complexity index is 219. The molecule has 3 nitrogen and oxygen atoms in total. The normalized spacial score (nSPS) is 43.2. The highest BCUT2D eigenvalue weighted by Gasteiger charge is 2.44. The summed E-state index contributed by atoms with van der Waals surface area (Å²) in [7, 11) is 2.27. The van der Waals surface area contributed by atoms with Crippen LogP contribution in [-0.2, 0) is 9.53 Å². The van der Waals surface area contributed by atoms with Gasteiger partial charge in [0.15, 0.2) is 6.10 Å². The molecule has 0 aromatic heterocycles. The minimum absolute atomic E-state index is 0.120. The van der Waals surface area contributed by atoms with Crippen LogP contribution in [0.25, 0.3) is 0 Å². The molecule has 3 aliphatic heterocycles. The van der Waals surface area contributed by atoms with Gasteiger partial charge >= 0.3 is 5.97 Å². The predicted molar refractivity (Wildman–Crippen MR) is 49.1 cm³/mol. The van der Waals surface area contributed by atoms with Crippen molar-refractivity contribution in [2.75, 3.05) is 26.7 Å². The summed E-state index contributed by atoms with van der Waals surface area (Å²) in [5.41, 5.74) is 0. The third-order valence-electron chi connectivity index (χ3n) is 3.54. The van der Waals surface area contributed by atoms with Crippen LogP contribution in [0.15, 0.2) is 0 Å². The van der Waals surface area contributed by atoms with E-state index >= 15 is 0 Å². The van der Waals surface area contributed by atoms with Gasteiger partial charge in [-0.2, -0.15) is 0 Å². The van der Waals surface area contributed by atoms with Crippen molar-refractivity contribution in [1.29, 1.82) is 0 Å². The van der Waals surface area contributed by atoms with Crippen LogP contribution in [0.3, 0.4) is 0 Å². The van der Waals surface area contributed by atoms with Gasteiger partial charge in [0.05, 0.1) is 20.1 Å². The van der Waals surface area contributed by atoms with E-state index in [0.717, 1.165) is 11.0 Å².